The molecule has 0 aliphatic rings. The first-order valence-corrected chi connectivity index (χ1v) is 8.02. The molecule has 1 rings (SSSR count). The molecule has 0 heterocycles. The first-order valence-electron chi connectivity index (χ1n) is 8.02. The molecule has 0 saturated carbocycles. The van der Waals surface area contributed by atoms with E-state index in [4.69, 9.17) is 10.5 Å². The fraction of sp³-hybridized carbons (Fsp3) is 0.611. The highest BCUT2D eigenvalue weighted by molar-refractivity contribution is 14.0. The van der Waals surface area contributed by atoms with E-state index in [0.29, 0.717) is 12.6 Å². The van der Waals surface area contributed by atoms with Crippen molar-refractivity contribution in [3.8, 4) is 0 Å². The zero-order chi connectivity index (χ0) is 16.4. The topological polar surface area (TPSA) is 59.6 Å². The smallest absolute Gasteiger partial charge is 0.188 e. The van der Waals surface area contributed by atoms with Gasteiger partial charge in [0.05, 0.1) is 6.61 Å². The molecule has 5 heteroatoms. The van der Waals surface area contributed by atoms with Crippen molar-refractivity contribution in [3.05, 3.63) is 35.9 Å². The Morgan fingerprint density at radius 3 is 2.57 bits per heavy atom. The van der Waals surface area contributed by atoms with Gasteiger partial charge < -0.3 is 15.8 Å². The van der Waals surface area contributed by atoms with Crippen LogP contribution in [0.3, 0.4) is 0 Å². The van der Waals surface area contributed by atoms with Crippen LogP contribution in [0.4, 0.5) is 0 Å². The van der Waals surface area contributed by atoms with Gasteiger partial charge in [-0.2, -0.15) is 0 Å². The molecule has 0 bridgehead atoms. The molecule has 0 aliphatic carbocycles. The fourth-order valence-corrected chi connectivity index (χ4v) is 2.38. The fourth-order valence-electron chi connectivity index (χ4n) is 2.38. The van der Waals surface area contributed by atoms with Crippen LogP contribution in [-0.4, -0.2) is 32.3 Å². The van der Waals surface area contributed by atoms with E-state index in [0.717, 1.165) is 19.4 Å². The van der Waals surface area contributed by atoms with Crippen LogP contribution in [0.5, 0.6) is 0 Å². The van der Waals surface area contributed by atoms with Gasteiger partial charge in [0.1, 0.15) is 0 Å². The number of benzene rings is 1. The summed E-state index contributed by atoms with van der Waals surface area (Å²) in [6.45, 7) is 7.87. The van der Waals surface area contributed by atoms with Crippen molar-refractivity contribution in [3.63, 3.8) is 0 Å². The number of methoxy groups -OCH3 is 1. The first-order chi connectivity index (χ1) is 10.4. The predicted molar refractivity (Wildman–Crippen MR) is 110 cm³/mol. The number of guanidine groups is 1. The third-order valence-electron chi connectivity index (χ3n) is 3.65. The monoisotopic (exact) mass is 433 g/mol. The Labute approximate surface area is 158 Å². The van der Waals surface area contributed by atoms with Crippen LogP contribution < -0.4 is 11.1 Å². The Balaban J connectivity index is 0.00000484. The second kappa shape index (κ2) is 11.7. The molecule has 132 valence electrons. The maximum atomic E-state index is 5.92. The van der Waals surface area contributed by atoms with Crippen molar-refractivity contribution in [2.75, 3.05) is 20.3 Å². The number of nitrogens with two attached hydrogens (primary N) is 1. The van der Waals surface area contributed by atoms with E-state index in [1.807, 2.05) is 6.92 Å². The summed E-state index contributed by atoms with van der Waals surface area (Å²) in [5.74, 6) is 0.501. The summed E-state index contributed by atoms with van der Waals surface area (Å²) < 4.78 is 5.07. The summed E-state index contributed by atoms with van der Waals surface area (Å²) in [6, 6.07) is 10.8. The van der Waals surface area contributed by atoms with Crippen LogP contribution in [-0.2, 0) is 11.2 Å². The molecule has 1 atom stereocenters. The molecule has 23 heavy (non-hydrogen) atoms. The highest BCUT2D eigenvalue weighted by Gasteiger charge is 2.17. The van der Waals surface area contributed by atoms with Crippen molar-refractivity contribution in [1.29, 1.82) is 0 Å². The minimum atomic E-state index is 0. The van der Waals surface area contributed by atoms with E-state index in [9.17, 15) is 0 Å². The lowest BCUT2D eigenvalue weighted by molar-refractivity contribution is 0.179. The van der Waals surface area contributed by atoms with Gasteiger partial charge in [-0.15, -0.1) is 24.0 Å². The van der Waals surface area contributed by atoms with Gasteiger partial charge in [-0.1, -0.05) is 44.2 Å². The Bertz CT molecular complexity index is 449. The van der Waals surface area contributed by atoms with Crippen molar-refractivity contribution < 1.29 is 4.74 Å². The second-order valence-corrected chi connectivity index (χ2v) is 6.71. The molecule has 1 aromatic rings. The summed E-state index contributed by atoms with van der Waals surface area (Å²) >= 11 is 0. The van der Waals surface area contributed by atoms with Crippen LogP contribution in [0.25, 0.3) is 0 Å². The van der Waals surface area contributed by atoms with Crippen molar-refractivity contribution >= 4 is 29.9 Å². The molecule has 1 aromatic carbocycles. The van der Waals surface area contributed by atoms with E-state index in [1.165, 1.54) is 12.0 Å². The first kappa shape index (κ1) is 22.2. The largest absolute Gasteiger partial charge is 0.383 e. The second-order valence-electron chi connectivity index (χ2n) is 6.71. The van der Waals surface area contributed by atoms with E-state index in [-0.39, 0.29) is 35.4 Å². The van der Waals surface area contributed by atoms with Crippen LogP contribution >= 0.6 is 24.0 Å². The maximum absolute atomic E-state index is 5.92. The molecule has 0 amide bonds. The number of hydrogen-bond donors (Lipinski definition) is 2. The van der Waals surface area contributed by atoms with Crippen molar-refractivity contribution in [2.45, 2.75) is 46.1 Å². The normalized spacial score (nSPS) is 13.3. The van der Waals surface area contributed by atoms with E-state index < -0.39 is 0 Å². The number of ether oxygens (including phenoxy) is 1. The Morgan fingerprint density at radius 2 is 1.96 bits per heavy atom. The molecule has 4 nitrogen and oxygen atoms in total. The third kappa shape index (κ3) is 10.5. The van der Waals surface area contributed by atoms with Crippen LogP contribution in [0.1, 0.15) is 39.2 Å². The van der Waals surface area contributed by atoms with Gasteiger partial charge in [-0.3, -0.25) is 4.99 Å². The Hall–Kier alpha value is -0.820. The number of rotatable bonds is 9. The standard InChI is InChI=1S/C18H31N3O.HI/c1-15(13-22-4)21-17(19)20-14-18(2,3)12-8-11-16-9-6-5-7-10-16;/h5-7,9-10,15H,8,11-14H2,1-4H3,(H3,19,20,21);1H. The number of nitrogens with zero attached hydrogens (tertiary/aromatic N) is 1. The average Bonchev–Trinajstić information content (AvgIpc) is 2.46. The number of hydrogen-bond acceptors (Lipinski definition) is 2. The average molecular weight is 433 g/mol. The van der Waals surface area contributed by atoms with Gasteiger partial charge in [0.2, 0.25) is 0 Å². The van der Waals surface area contributed by atoms with Gasteiger partial charge in [0, 0.05) is 19.7 Å². The van der Waals surface area contributed by atoms with E-state index in [1.54, 1.807) is 7.11 Å². The highest BCUT2D eigenvalue weighted by atomic mass is 127. The predicted octanol–water partition coefficient (Wildman–Crippen LogP) is 3.59. The van der Waals surface area contributed by atoms with Crippen LogP contribution in [0.15, 0.2) is 35.3 Å². The number of nitrogens with one attached hydrogen (secondary N) is 1. The summed E-state index contributed by atoms with van der Waals surface area (Å²) in [5.41, 5.74) is 7.47. The Morgan fingerprint density at radius 1 is 1.30 bits per heavy atom. The molecular weight excluding hydrogens is 401 g/mol. The molecular formula is C18H32IN3O. The van der Waals surface area contributed by atoms with Gasteiger partial charge in [-0.25, -0.2) is 0 Å². The molecule has 0 radical (unpaired) electrons. The summed E-state index contributed by atoms with van der Waals surface area (Å²) in [5, 5.41) is 3.14. The molecule has 3 N–H and O–H groups in total. The number of halogens is 1. The Kier molecular flexibility index (Phi) is 11.3. The summed E-state index contributed by atoms with van der Waals surface area (Å²) in [7, 11) is 1.68. The zero-order valence-electron chi connectivity index (χ0n) is 14.8. The molecule has 0 saturated heterocycles. The van der Waals surface area contributed by atoms with Gasteiger partial charge in [0.25, 0.3) is 0 Å². The minimum absolute atomic E-state index is 0. The van der Waals surface area contributed by atoms with Gasteiger partial charge in [0.15, 0.2) is 5.96 Å². The van der Waals surface area contributed by atoms with Crippen LogP contribution in [0, 0.1) is 5.41 Å². The lowest BCUT2D eigenvalue weighted by atomic mass is 9.86. The minimum Gasteiger partial charge on any atom is -0.383 e. The quantitative estimate of drug-likeness (QED) is 0.356. The third-order valence-corrected chi connectivity index (χ3v) is 3.65. The zero-order valence-corrected chi connectivity index (χ0v) is 17.2. The van der Waals surface area contributed by atoms with Crippen molar-refractivity contribution in [2.24, 2.45) is 16.1 Å². The highest BCUT2D eigenvalue weighted by Crippen LogP contribution is 2.23. The molecule has 0 aliphatic heterocycles. The summed E-state index contributed by atoms with van der Waals surface area (Å²) in [6.07, 6.45) is 3.42. The number of aryl methyl sites for hydroxylation is 1. The lowest BCUT2D eigenvalue weighted by Crippen LogP contribution is -2.41. The molecule has 0 spiro atoms. The van der Waals surface area contributed by atoms with Gasteiger partial charge in [-0.05, 0) is 37.2 Å². The lowest BCUT2D eigenvalue weighted by Gasteiger charge is -2.23. The maximum Gasteiger partial charge on any atom is 0.188 e. The summed E-state index contributed by atoms with van der Waals surface area (Å²) in [4.78, 5) is 4.47. The molecule has 0 aromatic heterocycles. The van der Waals surface area contributed by atoms with Crippen molar-refractivity contribution in [1.82, 2.24) is 5.32 Å². The number of aliphatic imine (C=N–C) groups is 1. The van der Waals surface area contributed by atoms with E-state index in [2.05, 4.69) is 54.5 Å². The van der Waals surface area contributed by atoms with Crippen LogP contribution in [0.2, 0.25) is 0 Å². The SMILES string of the molecule is COCC(C)NC(N)=NCC(C)(C)CCCc1ccccc1.I. The van der Waals surface area contributed by atoms with E-state index >= 15 is 0 Å². The van der Waals surface area contributed by atoms with Gasteiger partial charge >= 0.3 is 0 Å². The molecule has 1 unspecified atom stereocenters. The molecule has 0 fully saturated rings.